The highest BCUT2D eigenvalue weighted by molar-refractivity contribution is 6.10. The standard InChI is InChI=1S/C43H40NO/c1-27(2)37-23-34(31-15-11-8-12-16-31)24-38(28(3)4)42(37)33-21-22-44(6)39(25-33)41-29(5)17-19-36-35-20-18-32(26-40(35)45-43(36)41)30-13-9-7-10-14-30/h7-28H,1-6H3/q+1. The molecule has 45 heavy (non-hydrogen) atoms. The molecule has 0 bridgehead atoms. The zero-order valence-corrected chi connectivity index (χ0v) is 27.1. The summed E-state index contributed by atoms with van der Waals surface area (Å²) < 4.78 is 8.99. The lowest BCUT2D eigenvalue weighted by Crippen LogP contribution is -2.30. The molecule has 0 saturated carbocycles. The van der Waals surface area contributed by atoms with Crippen LogP contribution in [-0.4, -0.2) is 0 Å². The zero-order chi connectivity index (χ0) is 31.2. The second-order valence-corrected chi connectivity index (χ2v) is 12.9. The van der Waals surface area contributed by atoms with Gasteiger partial charge in [-0.1, -0.05) is 119 Å². The van der Waals surface area contributed by atoms with Crippen molar-refractivity contribution in [2.75, 3.05) is 0 Å². The molecule has 0 aliphatic rings. The van der Waals surface area contributed by atoms with Crippen LogP contribution in [0.1, 0.15) is 56.2 Å². The molecule has 0 aliphatic carbocycles. The Morgan fingerprint density at radius 1 is 0.533 bits per heavy atom. The van der Waals surface area contributed by atoms with Gasteiger partial charge in [0.25, 0.3) is 0 Å². The molecule has 0 radical (unpaired) electrons. The number of aromatic nitrogens is 1. The molecule has 0 fully saturated rings. The molecule has 2 aromatic heterocycles. The van der Waals surface area contributed by atoms with Gasteiger partial charge in [0.15, 0.2) is 6.20 Å². The minimum absolute atomic E-state index is 0.373. The van der Waals surface area contributed by atoms with Crippen LogP contribution in [0.5, 0.6) is 0 Å². The lowest BCUT2D eigenvalue weighted by molar-refractivity contribution is -0.660. The van der Waals surface area contributed by atoms with Crippen molar-refractivity contribution in [2.24, 2.45) is 7.05 Å². The van der Waals surface area contributed by atoms with Crippen molar-refractivity contribution in [3.63, 3.8) is 0 Å². The minimum atomic E-state index is 0.373. The summed E-state index contributed by atoms with van der Waals surface area (Å²) in [6.45, 7) is 11.4. The number of rotatable bonds is 6. The third kappa shape index (κ3) is 5.15. The predicted octanol–water partition coefficient (Wildman–Crippen LogP) is 11.6. The normalized spacial score (nSPS) is 11.7. The van der Waals surface area contributed by atoms with Gasteiger partial charge in [0.1, 0.15) is 18.2 Å². The van der Waals surface area contributed by atoms with Crippen LogP contribution in [-0.2, 0) is 7.05 Å². The summed E-state index contributed by atoms with van der Waals surface area (Å²) in [6, 6.07) is 41.8. The van der Waals surface area contributed by atoms with E-state index in [0.29, 0.717) is 11.8 Å². The number of nitrogens with zero attached hydrogens (tertiary/aromatic N) is 1. The number of hydrogen-bond donors (Lipinski definition) is 0. The minimum Gasteiger partial charge on any atom is -0.455 e. The monoisotopic (exact) mass is 586 g/mol. The first-order valence-electron chi connectivity index (χ1n) is 16.0. The first-order valence-corrected chi connectivity index (χ1v) is 16.0. The smallest absolute Gasteiger partial charge is 0.216 e. The largest absolute Gasteiger partial charge is 0.455 e. The van der Waals surface area contributed by atoms with E-state index in [4.69, 9.17) is 4.42 Å². The van der Waals surface area contributed by atoms with Crippen molar-refractivity contribution in [1.82, 2.24) is 0 Å². The Bertz CT molecular complexity index is 2140. The van der Waals surface area contributed by atoms with Crippen LogP contribution < -0.4 is 4.57 Å². The maximum Gasteiger partial charge on any atom is 0.216 e. The van der Waals surface area contributed by atoms with Gasteiger partial charge in [0.05, 0.1) is 5.56 Å². The fourth-order valence-electron chi connectivity index (χ4n) is 6.77. The van der Waals surface area contributed by atoms with Crippen molar-refractivity contribution in [3.05, 3.63) is 138 Å². The highest BCUT2D eigenvalue weighted by atomic mass is 16.3. The Balaban J connectivity index is 1.43. The van der Waals surface area contributed by atoms with E-state index < -0.39 is 0 Å². The average molecular weight is 587 g/mol. The highest BCUT2D eigenvalue weighted by Gasteiger charge is 2.24. The predicted molar refractivity (Wildman–Crippen MR) is 190 cm³/mol. The van der Waals surface area contributed by atoms with Gasteiger partial charge in [0, 0.05) is 22.9 Å². The molecule has 2 heterocycles. The van der Waals surface area contributed by atoms with E-state index in [2.05, 4.69) is 168 Å². The van der Waals surface area contributed by atoms with E-state index in [-0.39, 0.29) is 0 Å². The summed E-state index contributed by atoms with van der Waals surface area (Å²) >= 11 is 0. The first-order chi connectivity index (χ1) is 21.8. The molecular formula is C43H40NO+. The SMILES string of the molecule is Cc1ccc2c(oc3cc(-c4ccccc4)ccc32)c1-c1cc(-c2c(C(C)C)cc(-c3ccccc3)cc2C(C)C)cc[n+]1C. The number of pyridine rings is 1. The Hall–Kier alpha value is -4.95. The van der Waals surface area contributed by atoms with Crippen LogP contribution in [0.15, 0.2) is 126 Å². The molecule has 0 unspecified atom stereocenters. The summed E-state index contributed by atoms with van der Waals surface area (Å²) in [7, 11) is 2.14. The van der Waals surface area contributed by atoms with Crippen LogP contribution in [0.25, 0.3) is 66.6 Å². The fourth-order valence-corrected chi connectivity index (χ4v) is 6.77. The number of benzene rings is 5. The van der Waals surface area contributed by atoms with Crippen molar-refractivity contribution >= 4 is 21.9 Å². The van der Waals surface area contributed by atoms with Gasteiger partial charge >= 0.3 is 0 Å². The van der Waals surface area contributed by atoms with E-state index >= 15 is 0 Å². The summed E-state index contributed by atoms with van der Waals surface area (Å²) in [5, 5.41) is 2.29. The van der Waals surface area contributed by atoms with Crippen molar-refractivity contribution < 1.29 is 8.98 Å². The Morgan fingerprint density at radius 3 is 1.76 bits per heavy atom. The van der Waals surface area contributed by atoms with Crippen molar-refractivity contribution in [3.8, 4) is 44.6 Å². The number of fused-ring (bicyclic) bond motifs is 3. The Morgan fingerprint density at radius 2 is 1.13 bits per heavy atom. The second-order valence-electron chi connectivity index (χ2n) is 12.9. The third-order valence-electron chi connectivity index (χ3n) is 9.20. The zero-order valence-electron chi connectivity index (χ0n) is 27.1. The van der Waals surface area contributed by atoms with Gasteiger partial charge in [0.2, 0.25) is 5.69 Å². The van der Waals surface area contributed by atoms with Gasteiger partial charge < -0.3 is 4.42 Å². The van der Waals surface area contributed by atoms with Crippen molar-refractivity contribution in [2.45, 2.75) is 46.5 Å². The molecule has 0 aliphatic heterocycles. The average Bonchev–Trinajstić information content (AvgIpc) is 3.43. The van der Waals surface area contributed by atoms with E-state index in [9.17, 15) is 0 Å². The second kappa shape index (κ2) is 11.5. The summed E-state index contributed by atoms with van der Waals surface area (Å²) in [5.74, 6) is 0.746. The summed E-state index contributed by atoms with van der Waals surface area (Å²) in [5.41, 5.74) is 15.6. The highest BCUT2D eigenvalue weighted by Crippen LogP contribution is 2.42. The van der Waals surface area contributed by atoms with E-state index in [1.165, 1.54) is 44.5 Å². The summed E-state index contributed by atoms with van der Waals surface area (Å²) in [6.07, 6.45) is 2.21. The van der Waals surface area contributed by atoms with Crippen LogP contribution in [0, 0.1) is 6.92 Å². The summed E-state index contributed by atoms with van der Waals surface area (Å²) in [4.78, 5) is 0. The molecule has 0 saturated heterocycles. The van der Waals surface area contributed by atoms with Crippen LogP contribution in [0.4, 0.5) is 0 Å². The van der Waals surface area contributed by atoms with Crippen LogP contribution in [0.3, 0.4) is 0 Å². The fraction of sp³-hybridized carbons (Fsp3) is 0.186. The van der Waals surface area contributed by atoms with Gasteiger partial charge in [-0.2, -0.15) is 0 Å². The van der Waals surface area contributed by atoms with Gasteiger partial charge in [-0.15, -0.1) is 0 Å². The first kappa shape index (κ1) is 28.8. The van der Waals surface area contributed by atoms with Gasteiger partial charge in [-0.3, -0.25) is 0 Å². The molecule has 7 rings (SSSR count). The molecule has 0 N–H and O–H groups in total. The lowest BCUT2D eigenvalue weighted by atomic mass is 9.82. The van der Waals surface area contributed by atoms with E-state index in [0.717, 1.165) is 38.8 Å². The quantitative estimate of drug-likeness (QED) is 0.177. The number of furan rings is 1. The molecule has 0 amide bonds. The molecule has 5 aromatic carbocycles. The van der Waals surface area contributed by atoms with Crippen molar-refractivity contribution in [1.29, 1.82) is 0 Å². The van der Waals surface area contributed by atoms with Gasteiger partial charge in [-0.25, -0.2) is 4.57 Å². The molecular weight excluding hydrogens is 546 g/mol. The maximum atomic E-state index is 6.76. The Labute approximate surface area is 266 Å². The molecule has 0 atom stereocenters. The van der Waals surface area contributed by atoms with E-state index in [1.54, 1.807) is 0 Å². The van der Waals surface area contributed by atoms with Gasteiger partial charge in [-0.05, 0) is 81.0 Å². The molecule has 2 heteroatoms. The topological polar surface area (TPSA) is 17.0 Å². The third-order valence-corrected chi connectivity index (χ3v) is 9.20. The molecule has 0 spiro atoms. The van der Waals surface area contributed by atoms with E-state index in [1.807, 2.05) is 0 Å². The maximum absolute atomic E-state index is 6.76. The number of aryl methyl sites for hydroxylation is 2. The molecule has 2 nitrogen and oxygen atoms in total. The lowest BCUT2D eigenvalue weighted by Gasteiger charge is -2.22. The number of hydrogen-bond acceptors (Lipinski definition) is 1. The molecule has 7 aromatic rings. The molecule has 222 valence electrons. The van der Waals surface area contributed by atoms with Crippen LogP contribution in [0.2, 0.25) is 0 Å². The Kier molecular flexibility index (Phi) is 7.37. The van der Waals surface area contributed by atoms with Crippen LogP contribution >= 0.6 is 0 Å².